The predicted octanol–water partition coefficient (Wildman–Crippen LogP) is 2.53. The van der Waals surface area contributed by atoms with Crippen LogP contribution in [0.5, 0.6) is 0 Å². The first-order valence-electron chi connectivity index (χ1n) is 7.00. The molecular weight excluding hydrogens is 264 g/mol. The number of hydrogen-bond acceptors (Lipinski definition) is 4. The van der Waals surface area contributed by atoms with Gasteiger partial charge in [-0.15, -0.1) is 0 Å². The summed E-state index contributed by atoms with van der Waals surface area (Å²) >= 11 is 0. The van der Waals surface area contributed by atoms with Crippen LogP contribution in [0, 0.1) is 0 Å². The predicted molar refractivity (Wildman–Crippen MR) is 87.1 cm³/mol. The third-order valence-corrected chi connectivity index (χ3v) is 3.06. The minimum absolute atomic E-state index is 0.0450. The second-order valence-electron chi connectivity index (χ2n) is 6.21. The number of nitrogens with one attached hydrogen (secondary N) is 2. The van der Waals surface area contributed by atoms with E-state index in [-0.39, 0.29) is 17.5 Å². The average molecular weight is 286 g/mol. The van der Waals surface area contributed by atoms with Crippen LogP contribution in [0.25, 0.3) is 10.9 Å². The average Bonchev–Trinajstić information content (AvgIpc) is 2.40. The van der Waals surface area contributed by atoms with Gasteiger partial charge in [0.2, 0.25) is 5.91 Å². The summed E-state index contributed by atoms with van der Waals surface area (Å²) in [6.45, 7) is 7.71. The van der Waals surface area contributed by atoms with E-state index in [1.165, 1.54) is 0 Å². The van der Waals surface area contributed by atoms with Crippen LogP contribution in [0.15, 0.2) is 30.5 Å². The van der Waals surface area contributed by atoms with Crippen LogP contribution < -0.4 is 16.4 Å². The Kier molecular flexibility index (Phi) is 4.02. The molecule has 1 aromatic carbocycles. The third kappa shape index (κ3) is 3.62. The van der Waals surface area contributed by atoms with Crippen molar-refractivity contribution in [3.63, 3.8) is 0 Å². The van der Waals surface area contributed by atoms with Crippen LogP contribution in [0.2, 0.25) is 0 Å². The molecule has 1 amide bonds. The SMILES string of the molecule is CC(Nc1ccc(N)c2ncccc12)C(=O)NC(C)(C)C. The van der Waals surface area contributed by atoms with Gasteiger partial charge in [0.1, 0.15) is 6.04 Å². The first kappa shape index (κ1) is 15.1. The number of aromatic nitrogens is 1. The molecular formula is C16H22N4O. The van der Waals surface area contributed by atoms with Crippen LogP contribution in [0.3, 0.4) is 0 Å². The molecule has 21 heavy (non-hydrogen) atoms. The molecule has 1 atom stereocenters. The summed E-state index contributed by atoms with van der Waals surface area (Å²) in [4.78, 5) is 16.4. The van der Waals surface area contributed by atoms with E-state index in [9.17, 15) is 4.79 Å². The van der Waals surface area contributed by atoms with E-state index in [0.717, 1.165) is 16.6 Å². The van der Waals surface area contributed by atoms with Crippen molar-refractivity contribution in [3.05, 3.63) is 30.5 Å². The van der Waals surface area contributed by atoms with Gasteiger partial charge in [-0.1, -0.05) is 0 Å². The van der Waals surface area contributed by atoms with E-state index >= 15 is 0 Å². The van der Waals surface area contributed by atoms with Gasteiger partial charge < -0.3 is 16.4 Å². The van der Waals surface area contributed by atoms with Gasteiger partial charge in [-0.3, -0.25) is 9.78 Å². The Morgan fingerprint density at radius 3 is 2.67 bits per heavy atom. The van der Waals surface area contributed by atoms with Gasteiger partial charge in [0.15, 0.2) is 0 Å². The third-order valence-electron chi connectivity index (χ3n) is 3.06. The molecule has 0 saturated carbocycles. The van der Waals surface area contributed by atoms with E-state index in [1.54, 1.807) is 12.3 Å². The Labute approximate surface area is 124 Å². The summed E-state index contributed by atoms with van der Waals surface area (Å²) in [7, 11) is 0. The molecule has 0 aliphatic rings. The molecule has 5 nitrogen and oxygen atoms in total. The lowest BCUT2D eigenvalue weighted by atomic mass is 10.1. The molecule has 0 bridgehead atoms. The maximum Gasteiger partial charge on any atom is 0.242 e. The van der Waals surface area contributed by atoms with Gasteiger partial charge in [-0.2, -0.15) is 0 Å². The maximum atomic E-state index is 12.2. The minimum Gasteiger partial charge on any atom is -0.397 e. The number of hydrogen-bond donors (Lipinski definition) is 3. The highest BCUT2D eigenvalue weighted by molar-refractivity contribution is 5.99. The van der Waals surface area contributed by atoms with Crippen molar-refractivity contribution in [2.24, 2.45) is 0 Å². The van der Waals surface area contributed by atoms with Crippen molar-refractivity contribution in [2.75, 3.05) is 11.1 Å². The zero-order valence-corrected chi connectivity index (χ0v) is 12.9. The monoisotopic (exact) mass is 286 g/mol. The molecule has 0 aliphatic heterocycles. The molecule has 2 rings (SSSR count). The number of pyridine rings is 1. The fraction of sp³-hybridized carbons (Fsp3) is 0.375. The Hall–Kier alpha value is -2.30. The quantitative estimate of drug-likeness (QED) is 0.757. The summed E-state index contributed by atoms with van der Waals surface area (Å²) in [5, 5.41) is 7.09. The molecule has 1 heterocycles. The van der Waals surface area contributed by atoms with Crippen LogP contribution >= 0.6 is 0 Å². The van der Waals surface area contributed by atoms with Gasteiger partial charge in [0.25, 0.3) is 0 Å². The lowest BCUT2D eigenvalue weighted by Gasteiger charge is -2.24. The van der Waals surface area contributed by atoms with E-state index in [2.05, 4.69) is 15.6 Å². The molecule has 1 unspecified atom stereocenters. The number of carbonyl (C=O) groups excluding carboxylic acids is 1. The van der Waals surface area contributed by atoms with Crippen LogP contribution in [0.4, 0.5) is 11.4 Å². The van der Waals surface area contributed by atoms with Crippen molar-refractivity contribution in [1.29, 1.82) is 0 Å². The Balaban J connectivity index is 2.24. The first-order valence-corrected chi connectivity index (χ1v) is 7.00. The highest BCUT2D eigenvalue weighted by Crippen LogP contribution is 2.26. The molecule has 1 aromatic heterocycles. The van der Waals surface area contributed by atoms with Gasteiger partial charge in [0, 0.05) is 22.8 Å². The summed E-state index contributed by atoms with van der Waals surface area (Å²) in [5.74, 6) is -0.0450. The van der Waals surface area contributed by atoms with Crippen molar-refractivity contribution in [2.45, 2.75) is 39.3 Å². The van der Waals surface area contributed by atoms with E-state index in [0.29, 0.717) is 5.69 Å². The largest absolute Gasteiger partial charge is 0.397 e. The molecule has 0 radical (unpaired) electrons. The van der Waals surface area contributed by atoms with Crippen LogP contribution in [-0.2, 0) is 4.79 Å². The van der Waals surface area contributed by atoms with Gasteiger partial charge >= 0.3 is 0 Å². The number of amides is 1. The number of fused-ring (bicyclic) bond motifs is 1. The number of nitrogens with zero attached hydrogens (tertiary/aromatic N) is 1. The van der Waals surface area contributed by atoms with E-state index in [1.807, 2.05) is 45.9 Å². The lowest BCUT2D eigenvalue weighted by Crippen LogP contribution is -2.47. The zero-order chi connectivity index (χ0) is 15.6. The molecule has 2 aromatic rings. The van der Waals surface area contributed by atoms with Crippen LogP contribution in [0.1, 0.15) is 27.7 Å². The first-order chi connectivity index (χ1) is 9.78. The summed E-state index contributed by atoms with van der Waals surface area (Å²) in [5.41, 5.74) is 7.90. The zero-order valence-electron chi connectivity index (χ0n) is 12.9. The fourth-order valence-electron chi connectivity index (χ4n) is 2.10. The van der Waals surface area contributed by atoms with Crippen molar-refractivity contribution in [3.8, 4) is 0 Å². The van der Waals surface area contributed by atoms with Gasteiger partial charge in [-0.25, -0.2) is 0 Å². The van der Waals surface area contributed by atoms with E-state index in [4.69, 9.17) is 5.73 Å². The highest BCUT2D eigenvalue weighted by Gasteiger charge is 2.19. The number of nitrogens with two attached hydrogens (primary N) is 1. The molecule has 0 spiro atoms. The fourth-order valence-corrected chi connectivity index (χ4v) is 2.10. The summed E-state index contributed by atoms with van der Waals surface area (Å²) in [6, 6.07) is 7.12. The minimum atomic E-state index is -0.351. The Bertz CT molecular complexity index is 661. The smallest absolute Gasteiger partial charge is 0.242 e. The molecule has 5 heteroatoms. The maximum absolute atomic E-state index is 12.2. The Morgan fingerprint density at radius 2 is 2.00 bits per heavy atom. The van der Waals surface area contributed by atoms with Gasteiger partial charge in [-0.05, 0) is 52.0 Å². The molecule has 0 fully saturated rings. The number of rotatable bonds is 3. The number of nitrogen functional groups attached to an aromatic ring is 1. The molecule has 4 N–H and O–H groups in total. The highest BCUT2D eigenvalue weighted by atomic mass is 16.2. The van der Waals surface area contributed by atoms with Crippen LogP contribution in [-0.4, -0.2) is 22.5 Å². The topological polar surface area (TPSA) is 80.0 Å². The molecule has 112 valence electrons. The summed E-state index contributed by atoms with van der Waals surface area (Å²) < 4.78 is 0. The van der Waals surface area contributed by atoms with Crippen molar-refractivity contribution < 1.29 is 4.79 Å². The molecule has 0 aliphatic carbocycles. The summed E-state index contributed by atoms with van der Waals surface area (Å²) in [6.07, 6.45) is 1.71. The van der Waals surface area contributed by atoms with Crippen molar-refractivity contribution >= 4 is 28.2 Å². The van der Waals surface area contributed by atoms with Gasteiger partial charge in [0.05, 0.1) is 11.2 Å². The standard InChI is InChI=1S/C16H22N4O/c1-10(15(21)20-16(2,3)4)19-13-8-7-12(17)14-11(13)6-5-9-18-14/h5-10,19H,17H2,1-4H3,(H,20,21). The number of carbonyl (C=O) groups is 1. The lowest BCUT2D eigenvalue weighted by molar-refractivity contribution is -0.122. The second-order valence-corrected chi connectivity index (χ2v) is 6.21. The second kappa shape index (κ2) is 5.60. The Morgan fingerprint density at radius 1 is 1.29 bits per heavy atom. The van der Waals surface area contributed by atoms with Crippen molar-refractivity contribution in [1.82, 2.24) is 10.3 Å². The number of benzene rings is 1. The number of anilines is 2. The van der Waals surface area contributed by atoms with E-state index < -0.39 is 0 Å². The normalized spacial score (nSPS) is 13.0. The molecule has 0 saturated heterocycles.